The van der Waals surface area contributed by atoms with Gasteiger partial charge in [-0.1, -0.05) is 133 Å². The third-order valence-electron chi connectivity index (χ3n) is 12.3. The number of ether oxygens (including phenoxy) is 2. The van der Waals surface area contributed by atoms with Crippen molar-refractivity contribution in [3.63, 3.8) is 0 Å². The van der Waals surface area contributed by atoms with Crippen LogP contribution < -0.4 is 0 Å². The number of unbranched alkanes of at least 4 members (excludes halogenated alkanes) is 9. The van der Waals surface area contributed by atoms with Gasteiger partial charge >= 0.3 is 27.6 Å². The second-order valence-electron chi connectivity index (χ2n) is 18.3. The first-order chi connectivity index (χ1) is 33.3. The fraction of sp³-hybridized carbons (Fsp3) is 0.776. The highest BCUT2D eigenvalue weighted by Gasteiger charge is 2.51. The van der Waals surface area contributed by atoms with Gasteiger partial charge in [0, 0.05) is 31.1 Å². The lowest BCUT2D eigenvalue weighted by Crippen LogP contribution is -2.56. The largest absolute Gasteiger partial charge is 0.472 e. The molecule has 0 aromatic carbocycles. The van der Waals surface area contributed by atoms with Gasteiger partial charge in [0.15, 0.2) is 6.10 Å². The van der Waals surface area contributed by atoms with Gasteiger partial charge in [0.1, 0.15) is 36.8 Å². The number of hydrogen-bond acceptors (Lipinski definition) is 16. The Hall–Kier alpha value is -2.45. The summed E-state index contributed by atoms with van der Waals surface area (Å²) in [5.74, 6) is -5.57. The molecular weight excluding hydrogens is 954 g/mol. The third-order valence-corrected chi connectivity index (χ3v) is 13.8. The molecule has 70 heavy (non-hydrogen) atoms. The zero-order chi connectivity index (χ0) is 52.0. The highest BCUT2D eigenvalue weighted by atomic mass is 31.2. The van der Waals surface area contributed by atoms with Crippen LogP contribution in [0, 0.1) is 11.8 Å². The van der Waals surface area contributed by atoms with Crippen LogP contribution in [0.5, 0.6) is 0 Å². The SMILES string of the molecule is CCCCCCCC/C=C\C/C=C\C/C=C\CCCC(=O)O[C@@H]1COC(=O)CCCCCC[C@H]2C(=O)C[C@@H](O)[C@H](/C=C/[C@@H](O)CCCCC)[C@@H](O)[C@@H](OP(=O)(O)O)[C@@H](OP(=O)(O)OC1)[C@H](O)[C@@H](O)[C@@H]2O. The van der Waals surface area contributed by atoms with Crippen LogP contribution in [0.15, 0.2) is 48.6 Å². The predicted molar refractivity (Wildman–Crippen MR) is 261 cm³/mol. The first-order valence-electron chi connectivity index (χ1n) is 25.3. The Morgan fingerprint density at radius 3 is 2.07 bits per heavy atom. The van der Waals surface area contributed by atoms with Gasteiger partial charge in [-0.2, -0.15) is 0 Å². The van der Waals surface area contributed by atoms with Crippen LogP contribution in [0.25, 0.3) is 0 Å². The van der Waals surface area contributed by atoms with Crippen molar-refractivity contribution >= 4 is 33.4 Å². The van der Waals surface area contributed by atoms with Crippen molar-refractivity contribution in [1.82, 2.24) is 0 Å². The number of aliphatic hydroxyl groups is 6. The van der Waals surface area contributed by atoms with Crippen molar-refractivity contribution in [2.24, 2.45) is 11.8 Å². The molecule has 9 N–H and O–H groups in total. The molecule has 19 nitrogen and oxygen atoms in total. The Morgan fingerprint density at radius 1 is 0.786 bits per heavy atom. The Morgan fingerprint density at radius 2 is 1.40 bits per heavy atom. The maximum absolute atomic E-state index is 13.8. The Balaban J connectivity index is 2.33. The quantitative estimate of drug-likeness (QED) is 0.0211. The van der Waals surface area contributed by atoms with E-state index in [0.29, 0.717) is 44.9 Å². The van der Waals surface area contributed by atoms with E-state index >= 15 is 0 Å². The molecule has 12 atom stereocenters. The topological polar surface area (TPSA) is 314 Å². The van der Waals surface area contributed by atoms with E-state index in [4.69, 9.17) is 23.0 Å². The van der Waals surface area contributed by atoms with Gasteiger partial charge < -0.3 is 54.8 Å². The van der Waals surface area contributed by atoms with Gasteiger partial charge in [-0.05, 0) is 57.8 Å². The molecule has 0 amide bonds. The van der Waals surface area contributed by atoms with Gasteiger partial charge in [0.25, 0.3) is 0 Å². The maximum Gasteiger partial charge on any atom is 0.472 e. The van der Waals surface area contributed by atoms with E-state index in [9.17, 15) is 68.8 Å². The zero-order valence-electron chi connectivity index (χ0n) is 41.1. The first kappa shape index (κ1) is 63.7. The number of aliphatic hydroxyl groups excluding tert-OH is 6. The van der Waals surface area contributed by atoms with Gasteiger partial charge in [0.05, 0.1) is 31.0 Å². The number of carbonyl (C=O) groups is 3. The van der Waals surface area contributed by atoms with E-state index in [2.05, 4.69) is 25.2 Å². The molecule has 1 aliphatic heterocycles. The molecule has 0 spiro atoms. The van der Waals surface area contributed by atoms with Gasteiger partial charge in [-0.3, -0.25) is 28.0 Å². The summed E-state index contributed by atoms with van der Waals surface area (Å²) in [5.41, 5.74) is 0. The summed E-state index contributed by atoms with van der Waals surface area (Å²) in [7, 11) is -11.5. The molecule has 2 fully saturated rings. The number of phosphoric ester groups is 2. The lowest BCUT2D eigenvalue weighted by Gasteiger charge is -2.38. The predicted octanol–water partition coefficient (Wildman–Crippen LogP) is 6.65. The summed E-state index contributed by atoms with van der Waals surface area (Å²) in [4.78, 5) is 70.5. The van der Waals surface area contributed by atoms with Crippen LogP contribution in [-0.4, -0.2) is 131 Å². The number of fused-ring (bicyclic) bond motifs is 4. The minimum atomic E-state index is -5.78. The molecule has 1 aliphatic carbocycles. The fourth-order valence-electron chi connectivity index (χ4n) is 8.24. The smallest absolute Gasteiger partial charge is 0.462 e. The molecule has 1 unspecified atom stereocenters. The highest BCUT2D eigenvalue weighted by molar-refractivity contribution is 7.47. The van der Waals surface area contributed by atoms with Crippen LogP contribution in [0.3, 0.4) is 0 Å². The summed E-state index contributed by atoms with van der Waals surface area (Å²) in [6, 6.07) is 0. The summed E-state index contributed by atoms with van der Waals surface area (Å²) >= 11 is 0. The number of ketones is 1. The Kier molecular flexibility index (Phi) is 32.4. The number of phosphoric acid groups is 2. The van der Waals surface area contributed by atoms with Crippen molar-refractivity contribution in [1.29, 1.82) is 0 Å². The zero-order valence-corrected chi connectivity index (χ0v) is 42.9. The minimum Gasteiger partial charge on any atom is -0.462 e. The number of cyclic esters (lactones) is 1. The number of esters is 2. The fourth-order valence-corrected chi connectivity index (χ4v) is 9.77. The second-order valence-corrected chi connectivity index (χ2v) is 20.9. The van der Waals surface area contributed by atoms with Crippen LogP contribution in [0.4, 0.5) is 0 Å². The molecule has 21 heteroatoms. The van der Waals surface area contributed by atoms with Crippen LogP contribution in [0.1, 0.15) is 162 Å². The van der Waals surface area contributed by atoms with E-state index in [1.807, 2.05) is 25.2 Å². The van der Waals surface area contributed by atoms with Crippen molar-refractivity contribution < 1.29 is 91.9 Å². The summed E-state index contributed by atoms with van der Waals surface area (Å²) in [6.07, 6.45) is 8.76. The lowest BCUT2D eigenvalue weighted by atomic mass is 9.83. The number of hydrogen-bond donors (Lipinski definition) is 9. The lowest BCUT2D eigenvalue weighted by molar-refractivity contribution is -0.165. The molecule has 0 aromatic rings. The van der Waals surface area contributed by atoms with Gasteiger partial charge in [0.2, 0.25) is 0 Å². The van der Waals surface area contributed by atoms with E-state index in [1.165, 1.54) is 44.6 Å². The molecular formula is C49H84O19P2. The van der Waals surface area contributed by atoms with Crippen LogP contribution in [-0.2, 0) is 46.6 Å². The second kappa shape index (κ2) is 35.7. The van der Waals surface area contributed by atoms with Crippen molar-refractivity contribution in [3.05, 3.63) is 48.6 Å². The molecule has 1 saturated carbocycles. The maximum atomic E-state index is 13.8. The third kappa shape index (κ3) is 27.0. The minimum absolute atomic E-state index is 0.0736. The molecule has 2 rings (SSSR count). The van der Waals surface area contributed by atoms with Crippen LogP contribution >= 0.6 is 15.6 Å². The molecule has 404 valence electrons. The molecule has 2 aliphatic rings. The Bertz CT molecular complexity index is 1700. The number of carbonyl (C=O) groups excluding carboxylic acids is 3. The normalized spacial score (nSPS) is 30.4. The van der Waals surface area contributed by atoms with Gasteiger partial charge in [-0.15, -0.1) is 0 Å². The number of allylic oxidation sites excluding steroid dienone is 6. The first-order valence-corrected chi connectivity index (χ1v) is 28.3. The van der Waals surface area contributed by atoms with E-state index in [1.54, 1.807) is 0 Å². The molecule has 1 heterocycles. The molecule has 1 saturated heterocycles. The highest BCUT2D eigenvalue weighted by Crippen LogP contribution is 2.49. The van der Waals surface area contributed by atoms with E-state index in [-0.39, 0.29) is 32.1 Å². The standard InChI is InChI=1S/C49H84O19P2/c1-3-5-7-8-9-10-11-12-13-14-15-16-17-18-19-20-26-30-43(54)66-37-34-64-42(53)29-25-22-21-24-28-38-40(51)33-41(52)39(32-31-36(50)27-23-6-4-2)45(56)48(67-69(59,60)61)49(47(58)46(57)44(38)55)68-70(62,63)65-35-37/h12-13,15-16,18-19,31-32,36-39,41,44-50,52,55-58H,3-11,14,17,20-30,33-35H2,1-2H3,(H,62,63)(H2,59,60,61)/b13-12-,16-15-,19-18-,32-31+/t36-,37+,38-,39-,41+,44+,45+,46-,47+,48+,49-/m0/s1. The summed E-state index contributed by atoms with van der Waals surface area (Å²) in [5, 5.41) is 68.3. The van der Waals surface area contributed by atoms with Gasteiger partial charge in [-0.25, -0.2) is 9.13 Å². The summed E-state index contributed by atoms with van der Waals surface area (Å²) in [6.45, 7) is 2.52. The molecule has 0 radical (unpaired) electrons. The van der Waals surface area contributed by atoms with Crippen molar-refractivity contribution in [2.45, 2.75) is 216 Å². The van der Waals surface area contributed by atoms with Crippen molar-refractivity contribution in [3.8, 4) is 0 Å². The van der Waals surface area contributed by atoms with E-state index in [0.717, 1.165) is 31.8 Å². The average molecular weight is 1040 g/mol. The molecule has 2 bridgehead atoms. The number of Topliss-reactive ketones (excluding diaryl/α,β-unsaturated/α-hetero) is 1. The summed E-state index contributed by atoms with van der Waals surface area (Å²) < 4.78 is 52.2. The average Bonchev–Trinajstić information content (AvgIpc) is 3.30. The molecule has 0 aromatic heterocycles. The van der Waals surface area contributed by atoms with Crippen LogP contribution in [0.2, 0.25) is 0 Å². The monoisotopic (exact) mass is 1040 g/mol. The Labute approximate surface area is 414 Å². The van der Waals surface area contributed by atoms with E-state index < -0.39 is 120 Å². The number of rotatable bonds is 24. The van der Waals surface area contributed by atoms with Crippen molar-refractivity contribution in [2.75, 3.05) is 13.2 Å².